The van der Waals surface area contributed by atoms with Gasteiger partial charge in [-0.05, 0) is 31.0 Å². The lowest BCUT2D eigenvalue weighted by Crippen LogP contribution is -2.19. The molecule has 0 saturated heterocycles. The van der Waals surface area contributed by atoms with E-state index in [2.05, 4.69) is 17.2 Å². The number of hydrogen-bond acceptors (Lipinski definition) is 3. The molecule has 0 radical (unpaired) electrons. The monoisotopic (exact) mass is 248 g/mol. The predicted molar refractivity (Wildman–Crippen MR) is 71.1 cm³/mol. The molecule has 3 nitrogen and oxygen atoms in total. The number of halogens is 1. The zero-order valence-corrected chi connectivity index (χ0v) is 10.4. The Morgan fingerprint density at radius 1 is 1.39 bits per heavy atom. The first-order chi connectivity index (χ1) is 8.74. The maximum atomic E-state index is 13.1. The molecule has 2 aromatic rings. The number of aliphatic hydroxyl groups is 1. The molecular weight excluding hydrogens is 231 g/mol. The van der Waals surface area contributed by atoms with Crippen LogP contribution in [0.15, 0.2) is 30.5 Å². The summed E-state index contributed by atoms with van der Waals surface area (Å²) in [5, 5.41) is 13.3. The number of anilines is 1. The fraction of sp³-hybridized carbons (Fsp3) is 0.357. The SMILES string of the molecule is CCC(CCO)Nc1ccnc2cc(F)ccc12. The molecule has 2 N–H and O–H groups in total. The topological polar surface area (TPSA) is 45.1 Å². The van der Waals surface area contributed by atoms with E-state index < -0.39 is 0 Å². The van der Waals surface area contributed by atoms with Gasteiger partial charge in [-0.3, -0.25) is 4.98 Å². The van der Waals surface area contributed by atoms with Crippen LogP contribution in [0.2, 0.25) is 0 Å². The smallest absolute Gasteiger partial charge is 0.125 e. The highest BCUT2D eigenvalue weighted by molar-refractivity contribution is 5.91. The van der Waals surface area contributed by atoms with Gasteiger partial charge >= 0.3 is 0 Å². The van der Waals surface area contributed by atoms with Crippen molar-refractivity contribution >= 4 is 16.6 Å². The molecule has 1 heterocycles. The number of hydrogen-bond donors (Lipinski definition) is 2. The highest BCUT2D eigenvalue weighted by Crippen LogP contribution is 2.23. The van der Waals surface area contributed by atoms with Gasteiger partial charge < -0.3 is 10.4 Å². The Labute approximate surface area is 106 Å². The fourth-order valence-electron chi connectivity index (χ4n) is 2.00. The third-order valence-electron chi connectivity index (χ3n) is 3.03. The number of nitrogens with zero attached hydrogens (tertiary/aromatic N) is 1. The Kier molecular flexibility index (Phi) is 4.10. The first-order valence-electron chi connectivity index (χ1n) is 6.16. The van der Waals surface area contributed by atoms with Crippen LogP contribution in [0.1, 0.15) is 19.8 Å². The van der Waals surface area contributed by atoms with Gasteiger partial charge in [0.05, 0.1) is 5.52 Å². The van der Waals surface area contributed by atoms with Crippen molar-refractivity contribution in [3.05, 3.63) is 36.3 Å². The molecule has 0 aliphatic carbocycles. The van der Waals surface area contributed by atoms with Crippen molar-refractivity contribution in [2.75, 3.05) is 11.9 Å². The Balaban J connectivity index is 2.32. The Morgan fingerprint density at radius 3 is 2.94 bits per heavy atom. The molecule has 0 aliphatic heterocycles. The molecule has 18 heavy (non-hydrogen) atoms. The van der Waals surface area contributed by atoms with Gasteiger partial charge in [0.1, 0.15) is 5.82 Å². The van der Waals surface area contributed by atoms with Crippen LogP contribution in [-0.2, 0) is 0 Å². The lowest BCUT2D eigenvalue weighted by molar-refractivity contribution is 0.278. The molecule has 1 aromatic heterocycles. The summed E-state index contributed by atoms with van der Waals surface area (Å²) in [6.07, 6.45) is 3.28. The number of aliphatic hydroxyl groups excluding tert-OH is 1. The quantitative estimate of drug-likeness (QED) is 0.855. The summed E-state index contributed by atoms with van der Waals surface area (Å²) >= 11 is 0. The molecule has 0 bridgehead atoms. The zero-order chi connectivity index (χ0) is 13.0. The van der Waals surface area contributed by atoms with Crippen LogP contribution in [-0.4, -0.2) is 22.7 Å². The third-order valence-corrected chi connectivity index (χ3v) is 3.03. The molecule has 1 atom stereocenters. The minimum atomic E-state index is -0.283. The Morgan fingerprint density at radius 2 is 2.22 bits per heavy atom. The second kappa shape index (κ2) is 5.78. The van der Waals surface area contributed by atoms with Crippen LogP contribution < -0.4 is 5.32 Å². The number of fused-ring (bicyclic) bond motifs is 1. The van der Waals surface area contributed by atoms with Gasteiger partial charge in [-0.2, -0.15) is 0 Å². The van der Waals surface area contributed by atoms with E-state index in [1.807, 2.05) is 6.07 Å². The van der Waals surface area contributed by atoms with E-state index in [4.69, 9.17) is 5.11 Å². The molecule has 0 amide bonds. The van der Waals surface area contributed by atoms with E-state index in [1.54, 1.807) is 12.3 Å². The highest BCUT2D eigenvalue weighted by atomic mass is 19.1. The molecule has 0 saturated carbocycles. The van der Waals surface area contributed by atoms with Crippen LogP contribution >= 0.6 is 0 Å². The van der Waals surface area contributed by atoms with Crippen molar-refractivity contribution in [3.63, 3.8) is 0 Å². The summed E-state index contributed by atoms with van der Waals surface area (Å²) in [7, 11) is 0. The molecule has 2 rings (SSSR count). The second-order valence-corrected chi connectivity index (χ2v) is 4.28. The van der Waals surface area contributed by atoms with Crippen LogP contribution in [0, 0.1) is 5.82 Å². The molecule has 0 spiro atoms. The minimum absolute atomic E-state index is 0.156. The number of pyridine rings is 1. The number of rotatable bonds is 5. The zero-order valence-electron chi connectivity index (χ0n) is 10.4. The van der Waals surface area contributed by atoms with Gasteiger partial charge in [0.25, 0.3) is 0 Å². The standard InChI is InChI=1S/C14H17FN2O/c1-2-11(6-8-18)17-13-5-7-16-14-9-10(15)3-4-12(13)14/h3-5,7,9,11,18H,2,6,8H2,1H3,(H,16,17). The molecule has 0 aliphatic rings. The van der Waals surface area contributed by atoms with Crippen LogP contribution in [0.3, 0.4) is 0 Å². The summed E-state index contributed by atoms with van der Waals surface area (Å²) < 4.78 is 13.1. The van der Waals surface area contributed by atoms with Gasteiger partial charge in [-0.15, -0.1) is 0 Å². The summed E-state index contributed by atoms with van der Waals surface area (Å²) in [6, 6.07) is 6.67. The highest BCUT2D eigenvalue weighted by Gasteiger charge is 2.08. The minimum Gasteiger partial charge on any atom is -0.396 e. The van der Waals surface area contributed by atoms with E-state index in [0.717, 1.165) is 17.5 Å². The molecular formula is C14H17FN2O. The first kappa shape index (κ1) is 12.8. The van der Waals surface area contributed by atoms with Crippen molar-refractivity contribution in [3.8, 4) is 0 Å². The van der Waals surface area contributed by atoms with E-state index in [9.17, 15) is 4.39 Å². The van der Waals surface area contributed by atoms with Crippen molar-refractivity contribution in [2.45, 2.75) is 25.8 Å². The molecule has 1 aromatic carbocycles. The maximum Gasteiger partial charge on any atom is 0.125 e. The van der Waals surface area contributed by atoms with Gasteiger partial charge in [0.15, 0.2) is 0 Å². The summed E-state index contributed by atoms with van der Waals surface area (Å²) in [6.45, 7) is 2.22. The molecule has 1 unspecified atom stereocenters. The fourth-order valence-corrected chi connectivity index (χ4v) is 2.00. The van der Waals surface area contributed by atoms with Gasteiger partial charge in [-0.25, -0.2) is 4.39 Å². The third kappa shape index (κ3) is 2.76. The Bertz CT molecular complexity index is 530. The molecule has 96 valence electrons. The predicted octanol–water partition coefficient (Wildman–Crippen LogP) is 2.95. The largest absolute Gasteiger partial charge is 0.396 e. The second-order valence-electron chi connectivity index (χ2n) is 4.28. The van der Waals surface area contributed by atoms with E-state index >= 15 is 0 Å². The normalized spacial score (nSPS) is 12.6. The summed E-state index contributed by atoms with van der Waals surface area (Å²) in [4.78, 5) is 4.15. The van der Waals surface area contributed by atoms with Crippen LogP contribution in [0.5, 0.6) is 0 Å². The van der Waals surface area contributed by atoms with E-state index in [0.29, 0.717) is 11.9 Å². The average Bonchev–Trinajstić information content (AvgIpc) is 2.38. The van der Waals surface area contributed by atoms with Crippen molar-refractivity contribution < 1.29 is 9.50 Å². The number of aromatic nitrogens is 1. The first-order valence-corrected chi connectivity index (χ1v) is 6.16. The van der Waals surface area contributed by atoms with Crippen molar-refractivity contribution in [1.82, 2.24) is 4.98 Å². The van der Waals surface area contributed by atoms with E-state index in [1.165, 1.54) is 12.1 Å². The lowest BCUT2D eigenvalue weighted by Gasteiger charge is -2.18. The molecule has 0 fully saturated rings. The van der Waals surface area contributed by atoms with Crippen LogP contribution in [0.25, 0.3) is 10.9 Å². The molecule has 4 heteroatoms. The van der Waals surface area contributed by atoms with E-state index in [-0.39, 0.29) is 18.5 Å². The average molecular weight is 248 g/mol. The number of nitrogens with one attached hydrogen (secondary N) is 1. The van der Waals surface area contributed by atoms with Crippen molar-refractivity contribution in [2.24, 2.45) is 0 Å². The maximum absolute atomic E-state index is 13.1. The van der Waals surface area contributed by atoms with Gasteiger partial charge in [-0.1, -0.05) is 6.92 Å². The van der Waals surface area contributed by atoms with Gasteiger partial charge in [0.2, 0.25) is 0 Å². The number of benzene rings is 1. The summed E-state index contributed by atoms with van der Waals surface area (Å²) in [5.74, 6) is -0.283. The summed E-state index contributed by atoms with van der Waals surface area (Å²) in [5.41, 5.74) is 1.57. The Hall–Kier alpha value is -1.68. The van der Waals surface area contributed by atoms with Crippen molar-refractivity contribution in [1.29, 1.82) is 0 Å². The lowest BCUT2D eigenvalue weighted by atomic mass is 10.1. The van der Waals surface area contributed by atoms with Gasteiger partial charge in [0, 0.05) is 36.0 Å². The van der Waals surface area contributed by atoms with Crippen LogP contribution in [0.4, 0.5) is 10.1 Å².